The standard InChI is InChI=1S/C29H23FN2O6/c30-17-13-18(14-26(33)38-32-27(34)23-11-5-6-12-24(23)28(32)35)31(15-17)29(36)37-16-25-21-9-3-1-7-19(21)20-8-2-4-10-22(20)25/h1-12,17-18,25H,13-16H2/t17-,18-/m0/s1. The summed E-state index contributed by atoms with van der Waals surface area (Å²) in [5, 5.41) is 0.409. The van der Waals surface area contributed by atoms with E-state index in [1.807, 2.05) is 48.5 Å². The monoisotopic (exact) mass is 514 g/mol. The van der Waals surface area contributed by atoms with Crippen LogP contribution in [-0.4, -0.2) is 59.2 Å². The fourth-order valence-corrected chi connectivity index (χ4v) is 5.54. The van der Waals surface area contributed by atoms with Crippen LogP contribution in [0, 0.1) is 0 Å². The van der Waals surface area contributed by atoms with E-state index in [-0.39, 0.29) is 36.6 Å². The molecule has 0 radical (unpaired) electrons. The number of carbonyl (C=O) groups is 4. The lowest BCUT2D eigenvalue weighted by molar-refractivity contribution is -0.169. The van der Waals surface area contributed by atoms with E-state index in [9.17, 15) is 23.6 Å². The third-order valence-electron chi connectivity index (χ3n) is 7.29. The van der Waals surface area contributed by atoms with Crippen LogP contribution in [0.5, 0.6) is 0 Å². The molecule has 0 aromatic heterocycles. The fraction of sp³-hybridized carbons (Fsp3) is 0.241. The van der Waals surface area contributed by atoms with E-state index in [2.05, 4.69) is 0 Å². The molecular formula is C29H23FN2O6. The molecule has 0 saturated carbocycles. The number of hydroxylamine groups is 2. The van der Waals surface area contributed by atoms with E-state index in [4.69, 9.17) is 9.57 Å². The molecule has 38 heavy (non-hydrogen) atoms. The highest BCUT2D eigenvalue weighted by Crippen LogP contribution is 2.44. The van der Waals surface area contributed by atoms with Crippen LogP contribution in [0.4, 0.5) is 9.18 Å². The molecule has 1 saturated heterocycles. The number of rotatable bonds is 5. The number of hydrogen-bond acceptors (Lipinski definition) is 6. The lowest BCUT2D eigenvalue weighted by atomic mass is 9.98. The highest BCUT2D eigenvalue weighted by atomic mass is 19.1. The van der Waals surface area contributed by atoms with Crippen molar-refractivity contribution in [2.75, 3.05) is 13.2 Å². The molecule has 1 aliphatic carbocycles. The van der Waals surface area contributed by atoms with Gasteiger partial charge >= 0.3 is 12.1 Å². The number of alkyl halides is 1. The second-order valence-corrected chi connectivity index (χ2v) is 9.56. The molecule has 0 spiro atoms. The first-order valence-electron chi connectivity index (χ1n) is 12.4. The minimum Gasteiger partial charge on any atom is -0.448 e. The summed E-state index contributed by atoms with van der Waals surface area (Å²) in [4.78, 5) is 56.9. The predicted molar refractivity (Wildman–Crippen MR) is 133 cm³/mol. The van der Waals surface area contributed by atoms with Crippen molar-refractivity contribution in [3.05, 3.63) is 95.1 Å². The molecule has 0 unspecified atom stereocenters. The molecule has 0 bridgehead atoms. The van der Waals surface area contributed by atoms with Gasteiger partial charge in [0, 0.05) is 18.4 Å². The van der Waals surface area contributed by atoms with Crippen molar-refractivity contribution in [1.29, 1.82) is 0 Å². The molecule has 2 heterocycles. The summed E-state index contributed by atoms with van der Waals surface area (Å²) in [6.45, 7) is -0.159. The van der Waals surface area contributed by atoms with Gasteiger partial charge in [-0.25, -0.2) is 14.0 Å². The smallest absolute Gasteiger partial charge is 0.410 e. The van der Waals surface area contributed by atoms with Crippen molar-refractivity contribution in [2.45, 2.75) is 31.0 Å². The lowest BCUT2D eigenvalue weighted by Gasteiger charge is -2.24. The summed E-state index contributed by atoms with van der Waals surface area (Å²) in [6, 6.07) is 21.1. The maximum atomic E-state index is 14.4. The number of halogens is 1. The second kappa shape index (κ2) is 9.41. The first-order valence-corrected chi connectivity index (χ1v) is 12.4. The quantitative estimate of drug-likeness (QED) is 0.466. The minimum atomic E-state index is -1.34. The Bertz CT molecular complexity index is 1390. The fourth-order valence-electron chi connectivity index (χ4n) is 5.54. The highest BCUT2D eigenvalue weighted by Gasteiger charge is 2.42. The topological polar surface area (TPSA) is 93.2 Å². The summed E-state index contributed by atoms with van der Waals surface area (Å²) >= 11 is 0. The van der Waals surface area contributed by atoms with Gasteiger partial charge in [0.05, 0.1) is 24.1 Å². The Morgan fingerprint density at radius 2 is 1.34 bits per heavy atom. The van der Waals surface area contributed by atoms with Crippen molar-refractivity contribution in [1.82, 2.24) is 9.96 Å². The van der Waals surface area contributed by atoms with E-state index in [0.29, 0.717) is 5.06 Å². The molecule has 3 aromatic rings. The minimum absolute atomic E-state index is 0.0620. The number of imide groups is 1. The molecule has 3 aromatic carbocycles. The maximum absolute atomic E-state index is 14.4. The van der Waals surface area contributed by atoms with E-state index in [0.717, 1.165) is 22.3 Å². The van der Waals surface area contributed by atoms with Crippen molar-refractivity contribution >= 4 is 23.9 Å². The molecular weight excluding hydrogens is 491 g/mol. The van der Waals surface area contributed by atoms with Crippen LogP contribution in [-0.2, 0) is 14.4 Å². The van der Waals surface area contributed by atoms with E-state index in [1.165, 1.54) is 17.0 Å². The first-order chi connectivity index (χ1) is 18.4. The van der Waals surface area contributed by atoms with E-state index < -0.39 is 42.5 Å². The number of likely N-dealkylation sites (tertiary alicyclic amines) is 1. The number of ether oxygens (including phenoxy) is 1. The normalized spacial score (nSPS) is 19.8. The third-order valence-corrected chi connectivity index (χ3v) is 7.29. The Hall–Kier alpha value is -4.53. The van der Waals surface area contributed by atoms with Crippen LogP contribution in [0.3, 0.4) is 0 Å². The Balaban J connectivity index is 1.11. The van der Waals surface area contributed by atoms with Crippen molar-refractivity contribution < 1.29 is 33.1 Å². The summed E-state index contributed by atoms with van der Waals surface area (Å²) in [7, 11) is 0. The molecule has 0 N–H and O–H groups in total. The van der Waals surface area contributed by atoms with Crippen LogP contribution < -0.4 is 0 Å². The van der Waals surface area contributed by atoms with Gasteiger partial charge < -0.3 is 14.5 Å². The van der Waals surface area contributed by atoms with Crippen LogP contribution in [0.15, 0.2) is 72.8 Å². The van der Waals surface area contributed by atoms with Gasteiger partial charge in [-0.1, -0.05) is 65.7 Å². The molecule has 192 valence electrons. The lowest BCUT2D eigenvalue weighted by Crippen LogP contribution is -2.40. The molecule has 2 aliphatic heterocycles. The molecule has 9 heteroatoms. The van der Waals surface area contributed by atoms with Crippen LogP contribution in [0.1, 0.15) is 50.6 Å². The van der Waals surface area contributed by atoms with Crippen LogP contribution in [0.25, 0.3) is 11.1 Å². The molecule has 3 aliphatic rings. The number of amides is 3. The highest BCUT2D eigenvalue weighted by molar-refractivity contribution is 6.20. The van der Waals surface area contributed by atoms with Crippen molar-refractivity contribution in [3.63, 3.8) is 0 Å². The Morgan fingerprint density at radius 3 is 1.92 bits per heavy atom. The number of hydrogen-bond donors (Lipinski definition) is 0. The average molecular weight is 515 g/mol. The number of carbonyl (C=O) groups excluding carboxylic acids is 4. The zero-order valence-corrected chi connectivity index (χ0v) is 20.2. The van der Waals surface area contributed by atoms with Gasteiger partial charge in [-0.3, -0.25) is 9.59 Å². The Labute approximate surface area is 217 Å². The SMILES string of the molecule is O=C(C[C@@H]1C[C@H](F)CN1C(=O)OCC1c2ccccc2-c2ccccc21)ON1C(=O)c2ccccc2C1=O. The third kappa shape index (κ3) is 4.00. The number of benzene rings is 3. The van der Waals surface area contributed by atoms with E-state index >= 15 is 0 Å². The zero-order valence-electron chi connectivity index (χ0n) is 20.2. The van der Waals surface area contributed by atoms with Crippen molar-refractivity contribution in [2.24, 2.45) is 0 Å². The predicted octanol–water partition coefficient (Wildman–Crippen LogP) is 4.49. The molecule has 6 rings (SSSR count). The summed E-state index contributed by atoms with van der Waals surface area (Å²) in [6.07, 6.45) is -2.54. The number of nitrogens with zero attached hydrogens (tertiary/aromatic N) is 2. The van der Waals surface area contributed by atoms with Crippen molar-refractivity contribution in [3.8, 4) is 11.1 Å². The Kier molecular flexibility index (Phi) is 5.90. The zero-order chi connectivity index (χ0) is 26.4. The summed E-state index contributed by atoms with van der Waals surface area (Å²) in [5.41, 5.74) is 4.54. The molecule has 8 nitrogen and oxygen atoms in total. The summed E-state index contributed by atoms with van der Waals surface area (Å²) in [5.74, 6) is -2.58. The van der Waals surface area contributed by atoms with E-state index in [1.54, 1.807) is 12.1 Å². The van der Waals surface area contributed by atoms with Gasteiger partial charge in [0.25, 0.3) is 11.8 Å². The van der Waals surface area contributed by atoms with Gasteiger partial charge in [0.1, 0.15) is 12.8 Å². The van der Waals surface area contributed by atoms with Gasteiger partial charge in [0.15, 0.2) is 0 Å². The Morgan fingerprint density at radius 1 is 0.816 bits per heavy atom. The maximum Gasteiger partial charge on any atom is 0.410 e. The largest absolute Gasteiger partial charge is 0.448 e. The number of fused-ring (bicyclic) bond motifs is 4. The average Bonchev–Trinajstić information content (AvgIpc) is 3.53. The summed E-state index contributed by atoms with van der Waals surface area (Å²) < 4.78 is 20.0. The van der Waals surface area contributed by atoms with Crippen LogP contribution in [0.2, 0.25) is 0 Å². The molecule has 2 atom stereocenters. The van der Waals surface area contributed by atoms with Gasteiger partial charge in [-0.15, -0.1) is 0 Å². The van der Waals surface area contributed by atoms with Gasteiger partial charge in [-0.2, -0.15) is 0 Å². The first kappa shape index (κ1) is 23.8. The molecule has 1 fully saturated rings. The van der Waals surface area contributed by atoms with Gasteiger partial charge in [-0.05, 0) is 34.4 Å². The van der Waals surface area contributed by atoms with Gasteiger partial charge in [0.2, 0.25) is 0 Å². The second-order valence-electron chi connectivity index (χ2n) is 9.56. The van der Waals surface area contributed by atoms with Crippen LogP contribution >= 0.6 is 0 Å². The molecule has 3 amide bonds.